The van der Waals surface area contributed by atoms with Crippen LogP contribution >= 0.6 is 0 Å². The molecular weight excluding hydrogens is 394 g/mol. The van der Waals surface area contributed by atoms with E-state index in [1.165, 1.54) is 13.1 Å². The molecule has 0 spiro atoms. The molecule has 2 N–H and O–H groups in total. The van der Waals surface area contributed by atoms with E-state index in [4.69, 9.17) is 4.74 Å². The van der Waals surface area contributed by atoms with Crippen LogP contribution in [-0.4, -0.2) is 44.2 Å². The first-order valence-electron chi connectivity index (χ1n) is 9.07. The van der Waals surface area contributed by atoms with Crippen molar-refractivity contribution in [2.45, 2.75) is 31.4 Å². The maximum atomic E-state index is 13.0. The van der Waals surface area contributed by atoms with Crippen LogP contribution in [0.4, 0.5) is 5.69 Å². The highest BCUT2D eigenvalue weighted by Crippen LogP contribution is 2.35. The Kier molecular flexibility index (Phi) is 5.90. The molecule has 2 aromatic carbocycles. The Morgan fingerprint density at radius 3 is 2.62 bits per heavy atom. The van der Waals surface area contributed by atoms with E-state index in [9.17, 15) is 18.0 Å². The predicted molar refractivity (Wildman–Crippen MR) is 108 cm³/mol. The summed E-state index contributed by atoms with van der Waals surface area (Å²) in [5.74, 6) is -0.421. The largest absolute Gasteiger partial charge is 0.479 e. The van der Waals surface area contributed by atoms with E-state index in [0.717, 1.165) is 9.87 Å². The number of fused-ring (bicyclic) bond motifs is 1. The van der Waals surface area contributed by atoms with Gasteiger partial charge in [0.2, 0.25) is 15.9 Å². The van der Waals surface area contributed by atoms with Crippen molar-refractivity contribution in [3.8, 4) is 5.75 Å². The SMILES string of the molecule is Cc1cc2c(cc1S(=O)(=O)N(C)CC(=O)NCc1ccccc1)O[C@@H](C)C(=O)N2. The molecule has 0 aliphatic carbocycles. The van der Waals surface area contributed by atoms with E-state index < -0.39 is 22.0 Å². The fourth-order valence-electron chi connectivity index (χ4n) is 2.93. The van der Waals surface area contributed by atoms with E-state index in [2.05, 4.69) is 10.6 Å². The zero-order chi connectivity index (χ0) is 21.2. The minimum atomic E-state index is -3.93. The average Bonchev–Trinajstić information content (AvgIpc) is 2.68. The van der Waals surface area contributed by atoms with Gasteiger partial charge in [-0.1, -0.05) is 30.3 Å². The molecule has 154 valence electrons. The Morgan fingerprint density at radius 1 is 1.24 bits per heavy atom. The van der Waals surface area contributed by atoms with Crippen molar-refractivity contribution < 1.29 is 22.7 Å². The number of ether oxygens (including phenoxy) is 1. The molecule has 0 fully saturated rings. The van der Waals surface area contributed by atoms with Crippen LogP contribution in [0.1, 0.15) is 18.1 Å². The van der Waals surface area contributed by atoms with Crippen LogP contribution in [-0.2, 0) is 26.2 Å². The van der Waals surface area contributed by atoms with Crippen LogP contribution in [0.15, 0.2) is 47.4 Å². The molecule has 29 heavy (non-hydrogen) atoms. The van der Waals surface area contributed by atoms with E-state index >= 15 is 0 Å². The Labute approximate surface area is 169 Å². The van der Waals surface area contributed by atoms with Crippen LogP contribution < -0.4 is 15.4 Å². The molecule has 2 amide bonds. The van der Waals surface area contributed by atoms with Crippen LogP contribution in [0.3, 0.4) is 0 Å². The molecule has 1 atom stereocenters. The summed E-state index contributed by atoms with van der Waals surface area (Å²) in [6, 6.07) is 12.3. The van der Waals surface area contributed by atoms with Gasteiger partial charge in [0.1, 0.15) is 5.75 Å². The number of carbonyl (C=O) groups excluding carboxylic acids is 2. The summed E-state index contributed by atoms with van der Waals surface area (Å²) in [5.41, 5.74) is 1.79. The monoisotopic (exact) mass is 417 g/mol. The Bertz CT molecular complexity index is 1040. The van der Waals surface area contributed by atoms with Gasteiger partial charge in [0.05, 0.1) is 17.1 Å². The van der Waals surface area contributed by atoms with Gasteiger partial charge in [0.25, 0.3) is 5.91 Å². The molecule has 0 radical (unpaired) electrons. The van der Waals surface area contributed by atoms with Crippen LogP contribution in [0.2, 0.25) is 0 Å². The first kappa shape index (κ1) is 20.8. The van der Waals surface area contributed by atoms with E-state index in [1.54, 1.807) is 19.9 Å². The molecule has 2 aromatic rings. The average molecular weight is 417 g/mol. The molecule has 0 unspecified atom stereocenters. The molecular formula is C20H23N3O5S. The summed E-state index contributed by atoms with van der Waals surface area (Å²) in [7, 11) is -2.58. The standard InChI is InChI=1S/C20H23N3O5S/c1-13-9-16-17(28-14(2)20(25)22-16)10-18(13)29(26,27)23(3)12-19(24)21-11-15-7-5-4-6-8-15/h4-10,14H,11-12H2,1-3H3,(H,21,24)(H,22,25)/t14-/m0/s1. The molecule has 1 heterocycles. The number of hydrogen-bond acceptors (Lipinski definition) is 5. The summed E-state index contributed by atoms with van der Waals surface area (Å²) >= 11 is 0. The van der Waals surface area contributed by atoms with Crippen molar-refractivity contribution in [3.05, 3.63) is 53.6 Å². The third-order valence-electron chi connectivity index (χ3n) is 4.59. The van der Waals surface area contributed by atoms with Gasteiger partial charge in [-0.3, -0.25) is 9.59 Å². The number of nitrogens with zero attached hydrogens (tertiary/aromatic N) is 1. The van der Waals surface area contributed by atoms with Crippen molar-refractivity contribution in [1.29, 1.82) is 0 Å². The zero-order valence-electron chi connectivity index (χ0n) is 16.4. The number of hydrogen-bond donors (Lipinski definition) is 2. The second-order valence-electron chi connectivity index (χ2n) is 6.89. The molecule has 8 nitrogen and oxygen atoms in total. The lowest BCUT2D eigenvalue weighted by Crippen LogP contribution is -2.38. The Morgan fingerprint density at radius 2 is 1.93 bits per heavy atom. The van der Waals surface area contributed by atoms with E-state index in [-0.39, 0.29) is 23.1 Å². The van der Waals surface area contributed by atoms with Crippen molar-refractivity contribution in [1.82, 2.24) is 9.62 Å². The third-order valence-corrected chi connectivity index (χ3v) is 6.54. The lowest BCUT2D eigenvalue weighted by atomic mass is 10.1. The topological polar surface area (TPSA) is 105 Å². The molecule has 0 aromatic heterocycles. The fraction of sp³-hybridized carbons (Fsp3) is 0.300. The van der Waals surface area contributed by atoms with Gasteiger partial charge < -0.3 is 15.4 Å². The van der Waals surface area contributed by atoms with Crippen LogP contribution in [0.5, 0.6) is 5.75 Å². The second-order valence-corrected chi connectivity index (χ2v) is 8.90. The molecule has 3 rings (SSSR count). The van der Waals surface area contributed by atoms with Gasteiger partial charge in [-0.15, -0.1) is 0 Å². The number of rotatable bonds is 6. The molecule has 1 aliphatic heterocycles. The predicted octanol–water partition coefficient (Wildman–Crippen LogP) is 1.65. The maximum Gasteiger partial charge on any atom is 0.265 e. The summed E-state index contributed by atoms with van der Waals surface area (Å²) in [4.78, 5) is 24.0. The van der Waals surface area contributed by atoms with Crippen molar-refractivity contribution >= 4 is 27.5 Å². The quantitative estimate of drug-likeness (QED) is 0.744. The Hall–Kier alpha value is -2.91. The molecule has 1 aliphatic rings. The normalized spacial score (nSPS) is 16.0. The van der Waals surface area contributed by atoms with E-state index in [0.29, 0.717) is 17.8 Å². The lowest BCUT2D eigenvalue weighted by molar-refractivity contribution is -0.123. The third kappa shape index (κ3) is 4.57. The minimum Gasteiger partial charge on any atom is -0.479 e. The second kappa shape index (κ2) is 8.22. The summed E-state index contributed by atoms with van der Waals surface area (Å²) in [5, 5.41) is 5.40. The maximum absolute atomic E-state index is 13.0. The summed E-state index contributed by atoms with van der Waals surface area (Å²) in [6.45, 7) is 3.20. The summed E-state index contributed by atoms with van der Waals surface area (Å²) < 4.78 is 32.5. The van der Waals surface area contributed by atoms with Gasteiger partial charge in [-0.2, -0.15) is 4.31 Å². The highest BCUT2D eigenvalue weighted by molar-refractivity contribution is 7.89. The minimum absolute atomic E-state index is 0.0259. The van der Waals surface area contributed by atoms with Crippen LogP contribution in [0, 0.1) is 6.92 Å². The van der Waals surface area contributed by atoms with Gasteiger partial charge in [-0.25, -0.2) is 8.42 Å². The number of aryl methyl sites for hydroxylation is 1. The van der Waals surface area contributed by atoms with Gasteiger partial charge in [-0.05, 0) is 31.0 Å². The number of anilines is 1. The summed E-state index contributed by atoms with van der Waals surface area (Å²) in [6.07, 6.45) is -0.720. The number of sulfonamides is 1. The van der Waals surface area contributed by atoms with Gasteiger partial charge in [0.15, 0.2) is 6.10 Å². The molecule has 0 bridgehead atoms. The van der Waals surface area contributed by atoms with E-state index in [1.807, 2.05) is 30.3 Å². The number of likely N-dealkylation sites (N-methyl/N-ethyl adjacent to an activating group) is 1. The van der Waals surface area contributed by atoms with Gasteiger partial charge in [0, 0.05) is 19.7 Å². The zero-order valence-corrected chi connectivity index (χ0v) is 17.2. The molecule has 0 saturated carbocycles. The lowest BCUT2D eigenvalue weighted by Gasteiger charge is -2.25. The molecule has 0 saturated heterocycles. The van der Waals surface area contributed by atoms with Crippen LogP contribution in [0.25, 0.3) is 0 Å². The van der Waals surface area contributed by atoms with Crippen molar-refractivity contribution in [2.75, 3.05) is 18.9 Å². The fourth-order valence-corrected chi connectivity index (χ4v) is 4.27. The Balaban J connectivity index is 1.73. The van der Waals surface area contributed by atoms with Gasteiger partial charge >= 0.3 is 0 Å². The molecule has 9 heteroatoms. The number of nitrogens with one attached hydrogen (secondary N) is 2. The van der Waals surface area contributed by atoms with Crippen molar-refractivity contribution in [3.63, 3.8) is 0 Å². The first-order valence-corrected chi connectivity index (χ1v) is 10.5. The first-order chi connectivity index (χ1) is 13.7. The number of amides is 2. The highest BCUT2D eigenvalue weighted by atomic mass is 32.2. The highest BCUT2D eigenvalue weighted by Gasteiger charge is 2.30. The van der Waals surface area contributed by atoms with Crippen molar-refractivity contribution in [2.24, 2.45) is 0 Å². The number of carbonyl (C=O) groups is 2. The number of benzene rings is 2. The smallest absolute Gasteiger partial charge is 0.265 e.